The highest BCUT2D eigenvalue weighted by Crippen LogP contribution is 2.16. The predicted molar refractivity (Wildman–Crippen MR) is 270 cm³/mol. The predicted octanol–water partition coefficient (Wildman–Crippen LogP) is 18.3. The van der Waals surface area contributed by atoms with Crippen LogP contribution in [0.3, 0.4) is 0 Å². The molecule has 1 atom stereocenters. The van der Waals surface area contributed by atoms with Gasteiger partial charge in [-0.2, -0.15) is 0 Å². The van der Waals surface area contributed by atoms with Crippen LogP contribution in [-0.4, -0.2) is 37.2 Å². The average Bonchev–Trinajstić information content (AvgIpc) is 3.28. The lowest BCUT2D eigenvalue weighted by Gasteiger charge is -2.18. The van der Waals surface area contributed by atoms with Gasteiger partial charge in [0.05, 0.1) is 0 Å². The molecule has 0 N–H and O–H groups in total. The molecular formula is C57H106O6. The number of allylic oxidation sites excluding steroid dienone is 4. The number of carbonyl (C=O) groups excluding carboxylic acids is 3. The first-order chi connectivity index (χ1) is 31.0. The van der Waals surface area contributed by atoms with Crippen molar-refractivity contribution < 1.29 is 28.6 Å². The van der Waals surface area contributed by atoms with Gasteiger partial charge in [0, 0.05) is 19.3 Å². The van der Waals surface area contributed by atoms with Gasteiger partial charge in [-0.1, -0.05) is 244 Å². The van der Waals surface area contributed by atoms with Crippen LogP contribution in [0.5, 0.6) is 0 Å². The third-order valence-electron chi connectivity index (χ3n) is 12.4. The van der Waals surface area contributed by atoms with Crippen LogP contribution in [0, 0.1) is 0 Å². The first-order valence-electron chi connectivity index (χ1n) is 27.8. The molecule has 0 spiro atoms. The Bertz CT molecular complexity index is 1020. The molecular weight excluding hydrogens is 781 g/mol. The molecule has 6 nitrogen and oxygen atoms in total. The average molecular weight is 887 g/mol. The summed E-state index contributed by atoms with van der Waals surface area (Å²) in [5, 5.41) is 0. The largest absolute Gasteiger partial charge is 0.462 e. The van der Waals surface area contributed by atoms with Crippen LogP contribution >= 0.6 is 0 Å². The summed E-state index contributed by atoms with van der Waals surface area (Å²) < 4.78 is 16.8. The summed E-state index contributed by atoms with van der Waals surface area (Å²) in [4.78, 5) is 38.0. The molecule has 0 aromatic heterocycles. The monoisotopic (exact) mass is 887 g/mol. The number of rotatable bonds is 51. The van der Waals surface area contributed by atoms with Crippen LogP contribution in [-0.2, 0) is 28.6 Å². The maximum atomic E-state index is 12.8. The normalized spacial score (nSPS) is 12.1. The maximum Gasteiger partial charge on any atom is 0.306 e. The van der Waals surface area contributed by atoms with Crippen molar-refractivity contribution in [2.45, 2.75) is 309 Å². The standard InChI is InChI=1S/C57H106O6/c1-4-7-10-13-16-19-22-24-26-27-28-29-31-33-36-39-42-45-48-51-57(60)63-54(52-61-55(58)49-46-43-40-37-34-21-18-15-12-9-6-3)53-62-56(59)50-47-44-41-38-35-32-30-25-23-20-17-14-11-8-5-2/h15,18,24,26,54H,4-14,16-17,19-23,25,27-53H2,1-3H3/b18-15-,26-24-/t54-/m1/s1. The van der Waals surface area contributed by atoms with E-state index in [-0.39, 0.29) is 31.1 Å². The van der Waals surface area contributed by atoms with E-state index in [2.05, 4.69) is 45.1 Å². The third-order valence-corrected chi connectivity index (χ3v) is 12.4. The SMILES string of the molecule is CCCC/C=C\CCCCCCCC(=O)OC[C@H](COC(=O)CCCCCCCCCCCCCCCCC)OC(=O)CCCCCCCCCCC/C=C\CCCCCCCC. The summed E-state index contributed by atoms with van der Waals surface area (Å²) in [7, 11) is 0. The maximum absolute atomic E-state index is 12.8. The zero-order valence-corrected chi connectivity index (χ0v) is 42.4. The van der Waals surface area contributed by atoms with Crippen molar-refractivity contribution in [1.29, 1.82) is 0 Å². The molecule has 0 heterocycles. The summed E-state index contributed by atoms with van der Waals surface area (Å²) >= 11 is 0. The Labute approximate surface area is 392 Å². The number of ether oxygens (including phenoxy) is 3. The molecule has 0 saturated heterocycles. The van der Waals surface area contributed by atoms with Crippen molar-refractivity contribution in [3.63, 3.8) is 0 Å². The Hall–Kier alpha value is -2.11. The minimum atomic E-state index is -0.771. The van der Waals surface area contributed by atoms with Gasteiger partial charge in [-0.25, -0.2) is 0 Å². The molecule has 0 aliphatic rings. The number of unbranched alkanes of at least 4 members (excludes halogenated alkanes) is 36. The second-order valence-corrected chi connectivity index (χ2v) is 18.8. The van der Waals surface area contributed by atoms with E-state index in [1.807, 2.05) is 0 Å². The van der Waals surface area contributed by atoms with Crippen LogP contribution in [0.2, 0.25) is 0 Å². The zero-order valence-electron chi connectivity index (χ0n) is 42.4. The quantitative estimate of drug-likeness (QED) is 0.0262. The summed E-state index contributed by atoms with van der Waals surface area (Å²) in [5.41, 5.74) is 0. The van der Waals surface area contributed by atoms with Crippen LogP contribution in [0.25, 0.3) is 0 Å². The molecule has 370 valence electrons. The molecule has 63 heavy (non-hydrogen) atoms. The lowest BCUT2D eigenvalue weighted by Crippen LogP contribution is -2.30. The number of carbonyl (C=O) groups is 3. The van der Waals surface area contributed by atoms with E-state index in [4.69, 9.17) is 14.2 Å². The Morgan fingerprint density at radius 2 is 0.540 bits per heavy atom. The molecule has 0 amide bonds. The first kappa shape index (κ1) is 60.9. The van der Waals surface area contributed by atoms with E-state index in [1.165, 1.54) is 199 Å². The summed E-state index contributed by atoms with van der Waals surface area (Å²) in [5.74, 6) is -0.866. The molecule has 0 aliphatic carbocycles. The minimum Gasteiger partial charge on any atom is -0.462 e. The molecule has 0 aliphatic heterocycles. The van der Waals surface area contributed by atoms with Crippen molar-refractivity contribution in [2.75, 3.05) is 13.2 Å². The molecule has 0 aromatic carbocycles. The number of hydrogen-bond acceptors (Lipinski definition) is 6. The molecule has 0 aromatic rings. The van der Waals surface area contributed by atoms with Crippen LogP contribution in [0.15, 0.2) is 24.3 Å². The number of esters is 3. The Kier molecular flexibility index (Phi) is 50.8. The van der Waals surface area contributed by atoms with Gasteiger partial charge in [0.1, 0.15) is 13.2 Å². The van der Waals surface area contributed by atoms with E-state index < -0.39 is 6.10 Å². The fraction of sp³-hybridized carbons (Fsp3) is 0.877. The van der Waals surface area contributed by atoms with Gasteiger partial charge in [0.15, 0.2) is 6.10 Å². The summed E-state index contributed by atoms with van der Waals surface area (Å²) in [6, 6.07) is 0. The lowest BCUT2D eigenvalue weighted by molar-refractivity contribution is -0.167. The molecule has 6 heteroatoms. The molecule has 0 unspecified atom stereocenters. The van der Waals surface area contributed by atoms with E-state index in [0.717, 1.165) is 64.2 Å². The van der Waals surface area contributed by atoms with Crippen molar-refractivity contribution in [2.24, 2.45) is 0 Å². The molecule has 0 saturated carbocycles. The van der Waals surface area contributed by atoms with E-state index in [9.17, 15) is 14.4 Å². The second-order valence-electron chi connectivity index (χ2n) is 18.8. The Balaban J connectivity index is 4.30. The van der Waals surface area contributed by atoms with Crippen LogP contribution in [0.1, 0.15) is 303 Å². The zero-order chi connectivity index (χ0) is 45.8. The van der Waals surface area contributed by atoms with Crippen molar-refractivity contribution in [3.8, 4) is 0 Å². The fourth-order valence-electron chi connectivity index (χ4n) is 8.18. The second kappa shape index (κ2) is 52.5. The van der Waals surface area contributed by atoms with E-state index in [1.54, 1.807) is 0 Å². The van der Waals surface area contributed by atoms with E-state index >= 15 is 0 Å². The first-order valence-corrected chi connectivity index (χ1v) is 27.8. The smallest absolute Gasteiger partial charge is 0.306 e. The fourth-order valence-corrected chi connectivity index (χ4v) is 8.18. The highest BCUT2D eigenvalue weighted by Gasteiger charge is 2.19. The van der Waals surface area contributed by atoms with Gasteiger partial charge >= 0.3 is 17.9 Å². The molecule has 0 bridgehead atoms. The van der Waals surface area contributed by atoms with Gasteiger partial charge in [0.25, 0.3) is 0 Å². The lowest BCUT2D eigenvalue weighted by atomic mass is 10.0. The van der Waals surface area contributed by atoms with Gasteiger partial charge in [-0.05, 0) is 64.2 Å². The summed E-state index contributed by atoms with van der Waals surface area (Å²) in [6.45, 7) is 6.63. The molecule has 0 radical (unpaired) electrons. The number of hydrogen-bond donors (Lipinski definition) is 0. The van der Waals surface area contributed by atoms with Crippen molar-refractivity contribution >= 4 is 17.9 Å². The van der Waals surface area contributed by atoms with Crippen molar-refractivity contribution in [1.82, 2.24) is 0 Å². The van der Waals surface area contributed by atoms with Gasteiger partial charge in [-0.3, -0.25) is 14.4 Å². The highest BCUT2D eigenvalue weighted by atomic mass is 16.6. The summed E-state index contributed by atoms with van der Waals surface area (Å²) in [6.07, 6.45) is 60.2. The Morgan fingerprint density at radius 3 is 0.841 bits per heavy atom. The Morgan fingerprint density at radius 1 is 0.302 bits per heavy atom. The van der Waals surface area contributed by atoms with E-state index in [0.29, 0.717) is 19.3 Å². The van der Waals surface area contributed by atoms with Gasteiger partial charge in [0.2, 0.25) is 0 Å². The molecule has 0 rings (SSSR count). The van der Waals surface area contributed by atoms with Gasteiger partial charge < -0.3 is 14.2 Å². The van der Waals surface area contributed by atoms with Crippen LogP contribution < -0.4 is 0 Å². The highest BCUT2D eigenvalue weighted by molar-refractivity contribution is 5.71. The topological polar surface area (TPSA) is 78.9 Å². The third kappa shape index (κ3) is 50.7. The van der Waals surface area contributed by atoms with Gasteiger partial charge in [-0.15, -0.1) is 0 Å². The van der Waals surface area contributed by atoms with Crippen LogP contribution in [0.4, 0.5) is 0 Å². The minimum absolute atomic E-state index is 0.0705. The molecule has 0 fully saturated rings. The van der Waals surface area contributed by atoms with Crippen molar-refractivity contribution in [3.05, 3.63) is 24.3 Å².